The number of piperidine rings is 1. The second kappa shape index (κ2) is 10.9. The number of anilines is 2. The lowest BCUT2D eigenvalue weighted by atomic mass is 9.96. The van der Waals surface area contributed by atoms with E-state index in [9.17, 15) is 19.7 Å². The molecule has 1 N–H and O–H groups in total. The summed E-state index contributed by atoms with van der Waals surface area (Å²) in [5.74, 6) is -0.669. The van der Waals surface area contributed by atoms with Gasteiger partial charge >= 0.3 is 5.97 Å². The number of nitro benzene ring substituents is 1. The second-order valence-corrected chi connectivity index (χ2v) is 7.76. The molecule has 0 bridgehead atoms. The first-order valence-corrected chi connectivity index (χ1v) is 10.6. The Bertz CT molecular complexity index is 1040. The van der Waals surface area contributed by atoms with Crippen molar-refractivity contribution in [3.05, 3.63) is 51.5 Å². The number of nitrogens with one attached hydrogen (secondary N) is 1. The van der Waals surface area contributed by atoms with Crippen LogP contribution in [0.5, 0.6) is 11.5 Å². The van der Waals surface area contributed by atoms with Gasteiger partial charge in [-0.3, -0.25) is 19.7 Å². The third-order valence-corrected chi connectivity index (χ3v) is 5.64. The molecule has 33 heavy (non-hydrogen) atoms. The van der Waals surface area contributed by atoms with Crippen LogP contribution < -0.4 is 19.7 Å². The van der Waals surface area contributed by atoms with E-state index in [1.165, 1.54) is 32.4 Å². The van der Waals surface area contributed by atoms with E-state index in [0.29, 0.717) is 48.8 Å². The van der Waals surface area contributed by atoms with E-state index in [2.05, 4.69) is 5.32 Å². The summed E-state index contributed by atoms with van der Waals surface area (Å²) in [6.45, 7) is 0.479. The molecule has 1 aliphatic rings. The molecule has 2 aromatic carbocycles. The molecule has 0 radical (unpaired) electrons. The summed E-state index contributed by atoms with van der Waals surface area (Å²) in [6, 6.07) is 9.53. The maximum Gasteiger partial charge on any atom is 0.309 e. The Balaban J connectivity index is 1.52. The molecule has 176 valence electrons. The topological polar surface area (TPSA) is 120 Å². The Kier molecular flexibility index (Phi) is 7.94. The number of esters is 1. The summed E-state index contributed by atoms with van der Waals surface area (Å²) in [7, 11) is 2.90. The maximum absolute atomic E-state index is 12.4. The molecule has 1 heterocycles. The maximum atomic E-state index is 12.4. The van der Waals surface area contributed by atoms with Crippen molar-refractivity contribution in [2.75, 3.05) is 44.1 Å². The van der Waals surface area contributed by atoms with Gasteiger partial charge in [0, 0.05) is 25.2 Å². The molecule has 3 rings (SSSR count). The van der Waals surface area contributed by atoms with Crippen molar-refractivity contribution < 1.29 is 28.7 Å². The van der Waals surface area contributed by atoms with Crippen LogP contribution in [0.2, 0.25) is 5.02 Å². The number of halogens is 1. The van der Waals surface area contributed by atoms with Crippen molar-refractivity contribution in [3.8, 4) is 11.5 Å². The summed E-state index contributed by atoms with van der Waals surface area (Å²) < 4.78 is 15.5. The number of rotatable bonds is 8. The highest BCUT2D eigenvalue weighted by Gasteiger charge is 2.29. The van der Waals surface area contributed by atoms with Gasteiger partial charge in [0.25, 0.3) is 11.6 Å². The smallest absolute Gasteiger partial charge is 0.309 e. The first-order chi connectivity index (χ1) is 15.8. The number of amides is 1. The predicted octanol–water partition coefficient (Wildman–Crippen LogP) is 3.66. The van der Waals surface area contributed by atoms with Gasteiger partial charge in [0.1, 0.15) is 17.2 Å². The SMILES string of the molecule is COc1cc(OC)c(NC(=O)COC(=O)C2CCN(c3ccccc3[N+](=O)[O-])CC2)cc1Cl. The van der Waals surface area contributed by atoms with E-state index >= 15 is 0 Å². The van der Waals surface area contributed by atoms with Crippen LogP contribution in [0.1, 0.15) is 12.8 Å². The highest BCUT2D eigenvalue weighted by Crippen LogP contribution is 2.36. The van der Waals surface area contributed by atoms with Gasteiger partial charge in [0.15, 0.2) is 6.61 Å². The number of methoxy groups -OCH3 is 2. The van der Waals surface area contributed by atoms with Gasteiger partial charge in [-0.1, -0.05) is 23.7 Å². The molecular weight excluding hydrogens is 454 g/mol. The molecule has 1 amide bonds. The minimum Gasteiger partial charge on any atom is -0.495 e. The fourth-order valence-electron chi connectivity index (χ4n) is 3.64. The third-order valence-electron chi connectivity index (χ3n) is 5.34. The van der Waals surface area contributed by atoms with Gasteiger partial charge in [0.2, 0.25) is 0 Å². The lowest BCUT2D eigenvalue weighted by Crippen LogP contribution is -2.37. The Morgan fingerprint density at radius 1 is 1.15 bits per heavy atom. The van der Waals surface area contributed by atoms with Crippen LogP contribution in [0.25, 0.3) is 0 Å². The third kappa shape index (κ3) is 5.83. The molecule has 2 aromatic rings. The van der Waals surface area contributed by atoms with Crippen molar-refractivity contribution in [1.82, 2.24) is 0 Å². The zero-order valence-corrected chi connectivity index (χ0v) is 19.0. The van der Waals surface area contributed by atoms with Crippen LogP contribution in [0.3, 0.4) is 0 Å². The van der Waals surface area contributed by atoms with E-state index in [4.69, 9.17) is 25.8 Å². The van der Waals surface area contributed by atoms with Crippen molar-refractivity contribution in [2.24, 2.45) is 5.92 Å². The number of para-hydroxylation sites is 2. The Labute approximate surface area is 195 Å². The van der Waals surface area contributed by atoms with E-state index in [0.717, 1.165) is 0 Å². The largest absolute Gasteiger partial charge is 0.495 e. The summed E-state index contributed by atoms with van der Waals surface area (Å²) in [4.78, 5) is 37.4. The molecule has 0 aromatic heterocycles. The average Bonchev–Trinajstić information content (AvgIpc) is 2.82. The summed E-state index contributed by atoms with van der Waals surface area (Å²) in [5.41, 5.74) is 0.882. The number of carbonyl (C=O) groups excluding carboxylic acids is 2. The fraction of sp³-hybridized carbons (Fsp3) is 0.364. The number of ether oxygens (including phenoxy) is 3. The highest BCUT2D eigenvalue weighted by molar-refractivity contribution is 6.32. The molecule has 0 aliphatic carbocycles. The Hall–Kier alpha value is -3.53. The summed E-state index contributed by atoms with van der Waals surface area (Å²) in [6.07, 6.45) is 0.933. The van der Waals surface area contributed by atoms with Gasteiger partial charge in [-0.25, -0.2) is 0 Å². The highest BCUT2D eigenvalue weighted by atomic mass is 35.5. The molecular formula is C22H24ClN3O7. The lowest BCUT2D eigenvalue weighted by Gasteiger charge is -2.32. The van der Waals surface area contributed by atoms with Crippen LogP contribution in [-0.2, 0) is 14.3 Å². The van der Waals surface area contributed by atoms with Gasteiger partial charge in [0.05, 0.1) is 35.8 Å². The van der Waals surface area contributed by atoms with Crippen molar-refractivity contribution in [1.29, 1.82) is 0 Å². The number of hydrogen-bond acceptors (Lipinski definition) is 8. The van der Waals surface area contributed by atoms with E-state index in [1.807, 2.05) is 4.90 Å². The average molecular weight is 478 g/mol. The minimum absolute atomic E-state index is 0.0317. The van der Waals surface area contributed by atoms with E-state index in [-0.39, 0.29) is 16.6 Å². The van der Waals surface area contributed by atoms with Gasteiger partial charge < -0.3 is 24.4 Å². The zero-order valence-electron chi connectivity index (χ0n) is 18.2. The lowest BCUT2D eigenvalue weighted by molar-refractivity contribution is -0.384. The standard InChI is InChI=1S/C22H24ClN3O7/c1-31-19-12-20(32-2)16(11-15(19)23)24-21(27)13-33-22(28)14-7-9-25(10-8-14)17-5-3-4-6-18(17)26(29)30/h3-6,11-12,14H,7-10,13H2,1-2H3,(H,24,27). The normalized spacial score (nSPS) is 13.8. The number of nitrogens with zero attached hydrogens (tertiary/aromatic N) is 2. The molecule has 0 saturated carbocycles. The fourth-order valence-corrected chi connectivity index (χ4v) is 3.88. The van der Waals surface area contributed by atoms with Gasteiger partial charge in [-0.2, -0.15) is 0 Å². The Morgan fingerprint density at radius 3 is 2.45 bits per heavy atom. The summed E-state index contributed by atoms with van der Waals surface area (Å²) >= 11 is 6.10. The molecule has 11 heteroatoms. The molecule has 0 unspecified atom stereocenters. The zero-order chi connectivity index (χ0) is 24.0. The van der Waals surface area contributed by atoms with Crippen molar-refractivity contribution in [2.45, 2.75) is 12.8 Å². The van der Waals surface area contributed by atoms with Crippen molar-refractivity contribution >= 4 is 40.5 Å². The van der Waals surface area contributed by atoms with E-state index < -0.39 is 23.4 Å². The Morgan fingerprint density at radius 2 is 1.82 bits per heavy atom. The first kappa shape index (κ1) is 24.1. The van der Waals surface area contributed by atoms with Crippen LogP contribution in [0, 0.1) is 16.0 Å². The molecule has 1 fully saturated rings. The number of hydrogen-bond donors (Lipinski definition) is 1. The van der Waals surface area contributed by atoms with Crippen LogP contribution in [0.15, 0.2) is 36.4 Å². The molecule has 1 aliphatic heterocycles. The monoisotopic (exact) mass is 477 g/mol. The second-order valence-electron chi connectivity index (χ2n) is 7.35. The van der Waals surface area contributed by atoms with E-state index in [1.54, 1.807) is 18.2 Å². The van der Waals surface area contributed by atoms with Crippen LogP contribution in [0.4, 0.5) is 17.1 Å². The minimum atomic E-state index is -0.541. The predicted molar refractivity (Wildman–Crippen MR) is 122 cm³/mol. The first-order valence-electron chi connectivity index (χ1n) is 10.2. The van der Waals surface area contributed by atoms with Gasteiger partial charge in [-0.05, 0) is 25.0 Å². The summed E-state index contributed by atoms with van der Waals surface area (Å²) in [5, 5.41) is 14.1. The molecule has 0 spiro atoms. The van der Waals surface area contributed by atoms with Crippen LogP contribution in [-0.4, -0.2) is 50.7 Å². The number of nitro groups is 1. The molecule has 10 nitrogen and oxygen atoms in total. The van der Waals surface area contributed by atoms with Crippen molar-refractivity contribution in [3.63, 3.8) is 0 Å². The number of carbonyl (C=O) groups is 2. The molecule has 0 atom stereocenters. The number of benzene rings is 2. The molecule has 1 saturated heterocycles. The quantitative estimate of drug-likeness (QED) is 0.347. The van der Waals surface area contributed by atoms with Gasteiger partial charge in [-0.15, -0.1) is 0 Å². The van der Waals surface area contributed by atoms with Crippen LogP contribution >= 0.6 is 11.6 Å².